The molecule has 140 valence electrons. The van der Waals surface area contributed by atoms with E-state index in [4.69, 9.17) is 4.52 Å². The van der Waals surface area contributed by atoms with Crippen LogP contribution in [0.15, 0.2) is 34.5 Å². The Morgan fingerprint density at radius 3 is 2.19 bits per heavy atom. The first-order valence-electron chi connectivity index (χ1n) is 9.84. The van der Waals surface area contributed by atoms with E-state index in [9.17, 15) is 0 Å². The second-order valence-corrected chi connectivity index (χ2v) is 9.21. The first-order valence-corrected chi connectivity index (χ1v) is 9.84. The fourth-order valence-corrected chi connectivity index (χ4v) is 4.70. The highest BCUT2D eigenvalue weighted by Crippen LogP contribution is 2.54. The van der Waals surface area contributed by atoms with Crippen LogP contribution in [-0.2, 0) is 23.7 Å². The van der Waals surface area contributed by atoms with Gasteiger partial charge in [-0.25, -0.2) is 0 Å². The van der Waals surface area contributed by atoms with Crippen molar-refractivity contribution < 1.29 is 4.52 Å². The van der Waals surface area contributed by atoms with Crippen LogP contribution in [0.1, 0.15) is 83.4 Å². The van der Waals surface area contributed by atoms with Crippen LogP contribution in [0, 0.1) is 5.92 Å². The summed E-state index contributed by atoms with van der Waals surface area (Å²) in [6.45, 7) is 18.7. The van der Waals surface area contributed by atoms with Crippen molar-refractivity contribution in [2.75, 3.05) is 0 Å². The molecule has 2 nitrogen and oxygen atoms in total. The molecule has 0 N–H and O–H groups in total. The van der Waals surface area contributed by atoms with Crippen molar-refractivity contribution in [2.45, 2.75) is 79.1 Å². The molecule has 0 bridgehead atoms. The lowest BCUT2D eigenvalue weighted by atomic mass is 9.71. The first-order chi connectivity index (χ1) is 12.1. The van der Waals surface area contributed by atoms with Gasteiger partial charge in [0.05, 0.1) is 6.20 Å². The molecule has 0 fully saturated rings. The third-order valence-electron chi connectivity index (χ3n) is 6.95. The summed E-state index contributed by atoms with van der Waals surface area (Å²) < 4.78 is 5.41. The Bertz CT molecular complexity index is 833. The number of nitrogens with zero attached hydrogens (tertiary/aromatic N) is 1. The second-order valence-electron chi connectivity index (χ2n) is 9.21. The molecule has 0 aliphatic heterocycles. The maximum atomic E-state index is 5.41. The Morgan fingerprint density at radius 2 is 1.69 bits per heavy atom. The standard InChI is InChI=1S/C24H33NO/c1-9-17-12-21-22(24(7,8)16(4)23(21,5)6)14-20(17)19(15(2)3)13-18-10-11-25-26-18/h10-12,14,16H,9,13H2,1-8H3. The SMILES string of the molecule is CCc1cc2c(cc1C(Cc1ccno1)=C(C)C)C(C)(C)C(C)C2(C)C. The predicted octanol–water partition coefficient (Wildman–Crippen LogP) is 6.48. The number of fused-ring (bicyclic) bond motifs is 1. The number of hydrogen-bond acceptors (Lipinski definition) is 2. The molecule has 0 saturated heterocycles. The van der Waals surface area contributed by atoms with E-state index in [-0.39, 0.29) is 10.8 Å². The molecule has 1 aromatic carbocycles. The van der Waals surface area contributed by atoms with Crippen LogP contribution in [0.4, 0.5) is 0 Å². The molecule has 1 aliphatic rings. The maximum absolute atomic E-state index is 5.41. The number of aromatic nitrogens is 1. The minimum Gasteiger partial charge on any atom is -0.361 e. The first kappa shape index (κ1) is 18.9. The molecule has 1 aromatic heterocycles. The van der Waals surface area contributed by atoms with Crippen LogP contribution in [0.5, 0.6) is 0 Å². The van der Waals surface area contributed by atoms with Gasteiger partial charge in [0.15, 0.2) is 0 Å². The third kappa shape index (κ3) is 2.84. The van der Waals surface area contributed by atoms with Crippen LogP contribution in [0.3, 0.4) is 0 Å². The monoisotopic (exact) mass is 351 g/mol. The molecule has 1 aliphatic carbocycles. The molecule has 0 radical (unpaired) electrons. The normalized spacial score (nSPS) is 20.1. The topological polar surface area (TPSA) is 26.0 Å². The zero-order chi connectivity index (χ0) is 19.3. The minimum absolute atomic E-state index is 0.179. The zero-order valence-corrected chi connectivity index (χ0v) is 17.7. The number of aryl methyl sites for hydroxylation is 1. The predicted molar refractivity (Wildman–Crippen MR) is 110 cm³/mol. The highest BCUT2D eigenvalue weighted by molar-refractivity contribution is 5.74. The van der Waals surface area contributed by atoms with Crippen molar-refractivity contribution in [1.82, 2.24) is 5.16 Å². The van der Waals surface area contributed by atoms with Gasteiger partial charge in [0.25, 0.3) is 0 Å². The lowest BCUT2D eigenvalue weighted by molar-refractivity contribution is 0.264. The fraction of sp³-hybridized carbons (Fsp3) is 0.542. The number of benzene rings is 1. The van der Waals surface area contributed by atoms with Crippen molar-refractivity contribution in [3.63, 3.8) is 0 Å². The number of hydrogen-bond donors (Lipinski definition) is 0. The largest absolute Gasteiger partial charge is 0.361 e. The van der Waals surface area contributed by atoms with Gasteiger partial charge in [0.1, 0.15) is 5.76 Å². The van der Waals surface area contributed by atoms with Gasteiger partial charge in [-0.1, -0.05) is 64.4 Å². The van der Waals surface area contributed by atoms with Crippen LogP contribution in [-0.4, -0.2) is 5.16 Å². The Labute approximate surface area is 158 Å². The van der Waals surface area contributed by atoms with Crippen LogP contribution in [0.25, 0.3) is 5.57 Å². The van der Waals surface area contributed by atoms with Gasteiger partial charge in [-0.15, -0.1) is 0 Å². The van der Waals surface area contributed by atoms with E-state index < -0.39 is 0 Å². The van der Waals surface area contributed by atoms with Crippen molar-refractivity contribution in [1.29, 1.82) is 0 Å². The Kier molecular flexibility index (Phi) is 4.67. The van der Waals surface area contributed by atoms with E-state index >= 15 is 0 Å². The molecule has 1 heterocycles. The van der Waals surface area contributed by atoms with E-state index in [0.717, 1.165) is 18.6 Å². The van der Waals surface area contributed by atoms with Gasteiger partial charge in [-0.05, 0) is 64.8 Å². The highest BCUT2D eigenvalue weighted by Gasteiger charge is 2.48. The lowest BCUT2D eigenvalue weighted by Gasteiger charge is -2.32. The molecule has 2 aromatic rings. The molecule has 1 unspecified atom stereocenters. The van der Waals surface area contributed by atoms with Crippen molar-refractivity contribution >= 4 is 5.57 Å². The van der Waals surface area contributed by atoms with Crippen LogP contribution < -0.4 is 0 Å². The van der Waals surface area contributed by atoms with Crippen LogP contribution >= 0.6 is 0 Å². The zero-order valence-electron chi connectivity index (χ0n) is 17.7. The average molecular weight is 352 g/mol. The van der Waals surface area contributed by atoms with Gasteiger partial charge in [0, 0.05) is 12.5 Å². The van der Waals surface area contributed by atoms with Gasteiger partial charge >= 0.3 is 0 Å². The van der Waals surface area contributed by atoms with Crippen molar-refractivity contribution in [3.8, 4) is 0 Å². The Hall–Kier alpha value is -1.83. The summed E-state index contributed by atoms with van der Waals surface area (Å²) in [5.41, 5.74) is 8.98. The summed E-state index contributed by atoms with van der Waals surface area (Å²) in [5, 5.41) is 3.88. The van der Waals surface area contributed by atoms with Crippen molar-refractivity contribution in [3.05, 3.63) is 58.0 Å². The fourth-order valence-electron chi connectivity index (χ4n) is 4.70. The van der Waals surface area contributed by atoms with E-state index in [2.05, 4.69) is 72.7 Å². The molecule has 1 atom stereocenters. The average Bonchev–Trinajstić information content (AvgIpc) is 3.14. The highest BCUT2D eigenvalue weighted by atomic mass is 16.5. The Morgan fingerprint density at radius 1 is 1.08 bits per heavy atom. The number of rotatable bonds is 4. The Balaban J connectivity index is 2.20. The number of allylic oxidation sites excluding steroid dienone is 2. The minimum atomic E-state index is 0.179. The summed E-state index contributed by atoms with van der Waals surface area (Å²) >= 11 is 0. The molecule has 0 spiro atoms. The van der Waals surface area contributed by atoms with E-state index in [1.807, 2.05) is 6.07 Å². The van der Waals surface area contributed by atoms with E-state index in [1.54, 1.807) is 6.20 Å². The third-order valence-corrected chi connectivity index (χ3v) is 6.95. The summed E-state index contributed by atoms with van der Waals surface area (Å²) in [6.07, 6.45) is 3.57. The van der Waals surface area contributed by atoms with Gasteiger partial charge in [-0.2, -0.15) is 0 Å². The van der Waals surface area contributed by atoms with Gasteiger partial charge < -0.3 is 4.52 Å². The molecule has 0 saturated carbocycles. The van der Waals surface area contributed by atoms with Gasteiger partial charge in [0.2, 0.25) is 0 Å². The van der Waals surface area contributed by atoms with Gasteiger partial charge in [-0.3, -0.25) is 0 Å². The van der Waals surface area contributed by atoms with E-state index in [0.29, 0.717) is 5.92 Å². The quantitative estimate of drug-likeness (QED) is 0.630. The maximum Gasteiger partial charge on any atom is 0.141 e. The molecular weight excluding hydrogens is 318 g/mol. The summed E-state index contributed by atoms with van der Waals surface area (Å²) in [7, 11) is 0. The molecule has 3 rings (SSSR count). The lowest BCUT2D eigenvalue weighted by Crippen LogP contribution is -2.30. The smallest absolute Gasteiger partial charge is 0.141 e. The second kappa shape index (κ2) is 6.40. The summed E-state index contributed by atoms with van der Waals surface area (Å²) in [4.78, 5) is 0. The molecular formula is C24H33NO. The van der Waals surface area contributed by atoms with E-state index in [1.165, 1.54) is 33.4 Å². The van der Waals surface area contributed by atoms with Crippen LogP contribution in [0.2, 0.25) is 0 Å². The molecule has 0 amide bonds. The summed E-state index contributed by atoms with van der Waals surface area (Å²) in [5.74, 6) is 1.53. The summed E-state index contributed by atoms with van der Waals surface area (Å²) in [6, 6.07) is 6.94. The van der Waals surface area contributed by atoms with Crippen molar-refractivity contribution in [2.24, 2.45) is 5.92 Å². The molecule has 26 heavy (non-hydrogen) atoms. The molecule has 2 heteroatoms.